The maximum atomic E-state index is 12.0. The summed E-state index contributed by atoms with van der Waals surface area (Å²) in [6, 6.07) is 3.81. The molecular formula is C13H20N2O2. The second-order valence-electron chi connectivity index (χ2n) is 5.15. The van der Waals surface area contributed by atoms with E-state index in [1.165, 1.54) is 0 Å². The number of hydrogen-bond donors (Lipinski definition) is 1. The van der Waals surface area contributed by atoms with Crippen LogP contribution in [0.4, 0.5) is 0 Å². The van der Waals surface area contributed by atoms with Crippen LogP contribution in [0.25, 0.3) is 0 Å². The number of amides is 1. The Kier molecular flexibility index (Phi) is 3.24. The number of rotatable bonds is 4. The highest BCUT2D eigenvalue weighted by Crippen LogP contribution is 2.32. The highest BCUT2D eigenvalue weighted by Gasteiger charge is 2.35. The Hall–Kier alpha value is -1.29. The van der Waals surface area contributed by atoms with Gasteiger partial charge >= 0.3 is 0 Å². The third-order valence-electron chi connectivity index (χ3n) is 3.47. The normalized spacial score (nSPS) is 17.6. The van der Waals surface area contributed by atoms with Crippen LogP contribution >= 0.6 is 0 Å². The fourth-order valence-corrected chi connectivity index (χ4v) is 2.14. The first-order valence-electron chi connectivity index (χ1n) is 6.07. The molecule has 4 heteroatoms. The Morgan fingerprint density at radius 3 is 2.71 bits per heavy atom. The molecule has 17 heavy (non-hydrogen) atoms. The van der Waals surface area contributed by atoms with Gasteiger partial charge in [-0.15, -0.1) is 0 Å². The molecule has 2 N–H and O–H groups in total. The summed E-state index contributed by atoms with van der Waals surface area (Å²) in [7, 11) is 1.79. The minimum Gasteiger partial charge on any atom is -0.464 e. The molecule has 0 bridgehead atoms. The zero-order chi connectivity index (χ0) is 12.5. The van der Waals surface area contributed by atoms with Crippen LogP contribution in [-0.4, -0.2) is 23.4 Å². The van der Waals surface area contributed by atoms with Crippen LogP contribution in [0.2, 0.25) is 0 Å². The highest BCUT2D eigenvalue weighted by molar-refractivity contribution is 5.77. The number of nitrogens with two attached hydrogens (primary N) is 1. The molecule has 0 aliphatic heterocycles. The molecule has 1 amide bonds. The van der Waals surface area contributed by atoms with E-state index >= 15 is 0 Å². The molecule has 0 aromatic carbocycles. The van der Waals surface area contributed by atoms with E-state index in [2.05, 4.69) is 0 Å². The average molecular weight is 236 g/mol. The maximum Gasteiger partial charge on any atom is 0.224 e. The Morgan fingerprint density at radius 1 is 1.53 bits per heavy atom. The van der Waals surface area contributed by atoms with Gasteiger partial charge in [0.15, 0.2) is 0 Å². The fourth-order valence-electron chi connectivity index (χ4n) is 2.14. The number of aryl methyl sites for hydroxylation is 1. The van der Waals surface area contributed by atoms with E-state index in [9.17, 15) is 4.79 Å². The van der Waals surface area contributed by atoms with E-state index in [0.717, 1.165) is 30.8 Å². The lowest BCUT2D eigenvalue weighted by Crippen LogP contribution is -2.50. The molecule has 0 atom stereocenters. The van der Waals surface area contributed by atoms with Gasteiger partial charge in [-0.3, -0.25) is 4.79 Å². The van der Waals surface area contributed by atoms with E-state index in [0.29, 0.717) is 13.0 Å². The zero-order valence-corrected chi connectivity index (χ0v) is 10.5. The van der Waals surface area contributed by atoms with Gasteiger partial charge in [-0.1, -0.05) is 0 Å². The molecule has 1 aromatic rings. The number of furan rings is 1. The predicted octanol–water partition coefficient (Wildman–Crippen LogP) is 1.82. The summed E-state index contributed by atoms with van der Waals surface area (Å²) < 4.78 is 5.45. The molecule has 1 heterocycles. The Bertz CT molecular complexity index is 407. The quantitative estimate of drug-likeness (QED) is 0.867. The standard InChI is InChI=1S/C13H20N2O2/c1-10-4-5-11(17-10)9-15(2)12(16)8-13(14)6-3-7-13/h4-5H,3,6-9,14H2,1-2H3. The van der Waals surface area contributed by atoms with Gasteiger partial charge in [0.05, 0.1) is 6.54 Å². The second kappa shape index (κ2) is 4.53. The Morgan fingerprint density at radius 2 is 2.24 bits per heavy atom. The predicted molar refractivity (Wildman–Crippen MR) is 65.3 cm³/mol. The van der Waals surface area contributed by atoms with Crippen LogP contribution in [0.3, 0.4) is 0 Å². The molecule has 4 nitrogen and oxygen atoms in total. The molecular weight excluding hydrogens is 216 g/mol. The van der Waals surface area contributed by atoms with Crippen LogP contribution in [0.1, 0.15) is 37.2 Å². The topological polar surface area (TPSA) is 59.5 Å². The van der Waals surface area contributed by atoms with Crippen LogP contribution in [-0.2, 0) is 11.3 Å². The van der Waals surface area contributed by atoms with Crippen molar-refractivity contribution >= 4 is 5.91 Å². The van der Waals surface area contributed by atoms with Crippen molar-refractivity contribution in [3.05, 3.63) is 23.7 Å². The number of carbonyl (C=O) groups is 1. The summed E-state index contributed by atoms with van der Waals surface area (Å²) in [4.78, 5) is 13.7. The van der Waals surface area contributed by atoms with Crippen molar-refractivity contribution in [1.82, 2.24) is 4.90 Å². The van der Waals surface area contributed by atoms with Gasteiger partial charge in [-0.25, -0.2) is 0 Å². The van der Waals surface area contributed by atoms with Gasteiger partial charge in [0.25, 0.3) is 0 Å². The van der Waals surface area contributed by atoms with Crippen molar-refractivity contribution in [3.8, 4) is 0 Å². The van der Waals surface area contributed by atoms with Crippen LogP contribution < -0.4 is 5.73 Å². The van der Waals surface area contributed by atoms with E-state index in [-0.39, 0.29) is 11.4 Å². The van der Waals surface area contributed by atoms with E-state index in [1.807, 2.05) is 19.1 Å². The molecule has 1 aliphatic rings. The zero-order valence-electron chi connectivity index (χ0n) is 10.5. The molecule has 1 aromatic heterocycles. The summed E-state index contributed by atoms with van der Waals surface area (Å²) in [5, 5.41) is 0. The minimum atomic E-state index is -0.246. The molecule has 0 radical (unpaired) electrons. The Labute approximate surface area is 102 Å². The minimum absolute atomic E-state index is 0.0984. The van der Waals surface area contributed by atoms with Gasteiger partial charge in [-0.05, 0) is 38.3 Å². The lowest BCUT2D eigenvalue weighted by atomic mass is 9.75. The molecule has 1 fully saturated rings. The molecule has 1 saturated carbocycles. The Balaban J connectivity index is 1.86. The summed E-state index contributed by atoms with van der Waals surface area (Å²) in [6.45, 7) is 2.41. The molecule has 0 saturated heterocycles. The molecule has 1 aliphatic carbocycles. The van der Waals surface area contributed by atoms with Crippen molar-refractivity contribution in [1.29, 1.82) is 0 Å². The first-order valence-corrected chi connectivity index (χ1v) is 6.07. The van der Waals surface area contributed by atoms with Crippen molar-refractivity contribution in [3.63, 3.8) is 0 Å². The summed E-state index contributed by atoms with van der Waals surface area (Å²) in [5.74, 6) is 1.79. The largest absolute Gasteiger partial charge is 0.464 e. The highest BCUT2D eigenvalue weighted by atomic mass is 16.3. The summed E-state index contributed by atoms with van der Waals surface area (Å²) >= 11 is 0. The van der Waals surface area contributed by atoms with E-state index in [1.54, 1.807) is 11.9 Å². The van der Waals surface area contributed by atoms with Gasteiger partial charge in [0, 0.05) is 19.0 Å². The molecule has 2 rings (SSSR count). The van der Waals surface area contributed by atoms with Crippen molar-refractivity contribution in [2.45, 2.75) is 44.7 Å². The third kappa shape index (κ3) is 2.88. The van der Waals surface area contributed by atoms with Gasteiger partial charge < -0.3 is 15.1 Å². The smallest absolute Gasteiger partial charge is 0.224 e. The monoisotopic (exact) mass is 236 g/mol. The first kappa shape index (κ1) is 12.2. The van der Waals surface area contributed by atoms with Crippen molar-refractivity contribution in [2.75, 3.05) is 7.05 Å². The van der Waals surface area contributed by atoms with Gasteiger partial charge in [-0.2, -0.15) is 0 Å². The summed E-state index contributed by atoms with van der Waals surface area (Å²) in [5.41, 5.74) is 5.82. The fraction of sp³-hybridized carbons (Fsp3) is 0.615. The molecule has 94 valence electrons. The number of carbonyl (C=O) groups excluding carboxylic acids is 1. The molecule has 0 spiro atoms. The second-order valence-corrected chi connectivity index (χ2v) is 5.15. The van der Waals surface area contributed by atoms with Crippen molar-refractivity contribution < 1.29 is 9.21 Å². The number of nitrogens with zero attached hydrogens (tertiary/aromatic N) is 1. The SMILES string of the molecule is Cc1ccc(CN(C)C(=O)CC2(N)CCC2)o1. The van der Waals surface area contributed by atoms with Gasteiger partial charge in [0.2, 0.25) is 5.91 Å². The lowest BCUT2D eigenvalue weighted by molar-refractivity contribution is -0.132. The molecule has 0 unspecified atom stereocenters. The van der Waals surface area contributed by atoms with Crippen LogP contribution in [0.15, 0.2) is 16.5 Å². The average Bonchev–Trinajstić information content (AvgIpc) is 2.61. The van der Waals surface area contributed by atoms with E-state index in [4.69, 9.17) is 10.2 Å². The van der Waals surface area contributed by atoms with Crippen LogP contribution in [0.5, 0.6) is 0 Å². The van der Waals surface area contributed by atoms with Crippen LogP contribution in [0, 0.1) is 6.92 Å². The summed E-state index contributed by atoms with van der Waals surface area (Å²) in [6.07, 6.45) is 3.52. The van der Waals surface area contributed by atoms with Gasteiger partial charge in [0.1, 0.15) is 11.5 Å². The third-order valence-corrected chi connectivity index (χ3v) is 3.47. The van der Waals surface area contributed by atoms with E-state index < -0.39 is 0 Å². The maximum absolute atomic E-state index is 12.0. The lowest BCUT2D eigenvalue weighted by Gasteiger charge is -2.38. The first-order chi connectivity index (χ1) is 7.98. The van der Waals surface area contributed by atoms with Crippen molar-refractivity contribution in [2.24, 2.45) is 5.73 Å². The number of hydrogen-bond acceptors (Lipinski definition) is 3.